The SMILES string of the molecule is O=C(c1ccc(F)cc1C(F)(F)F)C1CC2CCCC(C1)N2Cc1ccccc1. The molecule has 2 heterocycles. The van der Waals surface area contributed by atoms with Crippen molar-refractivity contribution >= 4 is 5.78 Å². The van der Waals surface area contributed by atoms with E-state index in [1.807, 2.05) is 18.2 Å². The van der Waals surface area contributed by atoms with Crippen LogP contribution < -0.4 is 0 Å². The first kappa shape index (κ1) is 20.1. The van der Waals surface area contributed by atoms with Gasteiger partial charge in [0, 0.05) is 30.1 Å². The summed E-state index contributed by atoms with van der Waals surface area (Å²) in [4.78, 5) is 15.4. The molecule has 2 aromatic rings. The summed E-state index contributed by atoms with van der Waals surface area (Å²) >= 11 is 0. The average Bonchev–Trinajstić information content (AvgIpc) is 2.67. The van der Waals surface area contributed by atoms with Gasteiger partial charge in [0.15, 0.2) is 5.78 Å². The molecule has 154 valence electrons. The van der Waals surface area contributed by atoms with Crippen molar-refractivity contribution in [3.05, 3.63) is 71.0 Å². The highest BCUT2D eigenvalue weighted by Gasteiger charge is 2.43. The van der Waals surface area contributed by atoms with Crippen LogP contribution >= 0.6 is 0 Å². The van der Waals surface area contributed by atoms with Crippen molar-refractivity contribution < 1.29 is 22.4 Å². The number of ketones is 1. The Hall–Kier alpha value is -2.21. The summed E-state index contributed by atoms with van der Waals surface area (Å²) in [5.41, 5.74) is -0.370. The summed E-state index contributed by atoms with van der Waals surface area (Å²) < 4.78 is 53.5. The third-order valence-corrected chi connectivity index (χ3v) is 6.26. The second-order valence-corrected chi connectivity index (χ2v) is 8.12. The molecule has 29 heavy (non-hydrogen) atoms. The van der Waals surface area contributed by atoms with Gasteiger partial charge in [-0.15, -0.1) is 0 Å². The molecule has 0 spiro atoms. The van der Waals surface area contributed by atoms with Gasteiger partial charge >= 0.3 is 6.18 Å². The molecule has 2 aliphatic heterocycles. The number of Topliss-reactive ketones (excluding diaryl/α,β-unsaturated/α-hetero) is 1. The van der Waals surface area contributed by atoms with Crippen molar-refractivity contribution in [1.29, 1.82) is 0 Å². The minimum atomic E-state index is -4.75. The van der Waals surface area contributed by atoms with E-state index in [4.69, 9.17) is 0 Å². The van der Waals surface area contributed by atoms with Crippen LogP contribution in [0.5, 0.6) is 0 Å². The summed E-state index contributed by atoms with van der Waals surface area (Å²) in [6.45, 7) is 0.793. The lowest BCUT2D eigenvalue weighted by atomic mass is 9.75. The van der Waals surface area contributed by atoms with Crippen LogP contribution in [0.1, 0.15) is 53.6 Å². The van der Waals surface area contributed by atoms with E-state index in [0.29, 0.717) is 18.9 Å². The summed E-state index contributed by atoms with van der Waals surface area (Å²) in [6.07, 6.45) is -0.679. The van der Waals surface area contributed by atoms with Crippen LogP contribution in [-0.4, -0.2) is 22.8 Å². The predicted molar refractivity (Wildman–Crippen MR) is 102 cm³/mol. The molecule has 4 rings (SSSR count). The Morgan fingerprint density at radius 3 is 2.28 bits per heavy atom. The van der Waals surface area contributed by atoms with E-state index in [2.05, 4.69) is 17.0 Å². The molecule has 2 bridgehead atoms. The first-order valence-electron chi connectivity index (χ1n) is 10.0. The van der Waals surface area contributed by atoms with Crippen LogP contribution in [0.4, 0.5) is 17.6 Å². The van der Waals surface area contributed by atoms with Crippen LogP contribution in [-0.2, 0) is 12.7 Å². The van der Waals surface area contributed by atoms with Crippen LogP contribution in [0.15, 0.2) is 48.5 Å². The highest BCUT2D eigenvalue weighted by Crippen LogP contribution is 2.41. The van der Waals surface area contributed by atoms with Gasteiger partial charge in [-0.1, -0.05) is 36.8 Å². The largest absolute Gasteiger partial charge is 0.417 e. The normalized spacial score (nSPS) is 25.0. The molecule has 2 aromatic carbocycles. The maximum absolute atomic E-state index is 13.4. The first-order chi connectivity index (χ1) is 13.8. The molecule has 2 unspecified atom stereocenters. The summed E-state index contributed by atoms with van der Waals surface area (Å²) in [5.74, 6) is -1.94. The maximum Gasteiger partial charge on any atom is 0.417 e. The highest BCUT2D eigenvalue weighted by atomic mass is 19.4. The van der Waals surface area contributed by atoms with Gasteiger partial charge in [0.1, 0.15) is 5.82 Å². The van der Waals surface area contributed by atoms with E-state index in [1.54, 1.807) is 0 Å². The van der Waals surface area contributed by atoms with Gasteiger partial charge in [-0.25, -0.2) is 4.39 Å². The molecular formula is C23H23F4NO. The number of carbonyl (C=O) groups is 1. The average molecular weight is 405 g/mol. The quantitative estimate of drug-likeness (QED) is 0.469. The Bertz CT molecular complexity index is 866. The number of hydrogen-bond acceptors (Lipinski definition) is 2. The molecule has 2 fully saturated rings. The molecule has 0 aromatic heterocycles. The van der Waals surface area contributed by atoms with E-state index < -0.39 is 34.8 Å². The third-order valence-electron chi connectivity index (χ3n) is 6.26. The van der Waals surface area contributed by atoms with Gasteiger partial charge < -0.3 is 0 Å². The molecule has 6 heteroatoms. The number of nitrogens with zero attached hydrogens (tertiary/aromatic N) is 1. The van der Waals surface area contributed by atoms with E-state index in [9.17, 15) is 22.4 Å². The van der Waals surface area contributed by atoms with Crippen molar-refractivity contribution in [3.63, 3.8) is 0 Å². The second-order valence-electron chi connectivity index (χ2n) is 8.12. The zero-order valence-electron chi connectivity index (χ0n) is 16.0. The topological polar surface area (TPSA) is 20.3 Å². The number of halogens is 4. The molecule has 0 radical (unpaired) electrons. The Balaban J connectivity index is 1.56. The van der Waals surface area contributed by atoms with E-state index in [0.717, 1.165) is 37.9 Å². The number of rotatable bonds is 4. The lowest BCUT2D eigenvalue weighted by Gasteiger charge is -2.48. The molecule has 0 aliphatic carbocycles. The van der Waals surface area contributed by atoms with Gasteiger partial charge in [0.05, 0.1) is 5.56 Å². The number of carbonyl (C=O) groups excluding carboxylic acids is 1. The highest BCUT2D eigenvalue weighted by molar-refractivity contribution is 5.99. The fourth-order valence-corrected chi connectivity index (χ4v) is 4.93. The van der Waals surface area contributed by atoms with E-state index in [1.165, 1.54) is 5.56 Å². The van der Waals surface area contributed by atoms with Crippen LogP contribution in [0.25, 0.3) is 0 Å². The third kappa shape index (κ3) is 4.22. The van der Waals surface area contributed by atoms with Crippen LogP contribution in [0, 0.1) is 11.7 Å². The standard InChI is InChI=1S/C23H23F4NO/c24-17-9-10-20(21(13-17)23(25,26)27)22(29)16-11-18-7-4-8-19(12-16)28(18)14-15-5-2-1-3-6-15/h1-3,5-6,9-10,13,16,18-19H,4,7-8,11-12,14H2. The van der Waals surface area contributed by atoms with Crippen molar-refractivity contribution in [2.45, 2.75) is 56.9 Å². The van der Waals surface area contributed by atoms with E-state index in [-0.39, 0.29) is 12.1 Å². The second kappa shape index (κ2) is 7.90. The number of piperidine rings is 2. The zero-order valence-corrected chi connectivity index (χ0v) is 16.0. The summed E-state index contributed by atoms with van der Waals surface area (Å²) in [5, 5.41) is 0. The first-order valence-corrected chi connectivity index (χ1v) is 10.0. The van der Waals surface area contributed by atoms with Crippen molar-refractivity contribution in [2.75, 3.05) is 0 Å². The fourth-order valence-electron chi connectivity index (χ4n) is 4.93. The molecule has 2 nitrogen and oxygen atoms in total. The molecule has 2 saturated heterocycles. The zero-order chi connectivity index (χ0) is 20.6. The molecule has 0 amide bonds. The minimum Gasteiger partial charge on any atom is -0.294 e. The van der Waals surface area contributed by atoms with Crippen molar-refractivity contribution in [3.8, 4) is 0 Å². The smallest absolute Gasteiger partial charge is 0.294 e. The van der Waals surface area contributed by atoms with Crippen LogP contribution in [0.3, 0.4) is 0 Å². The molecule has 0 saturated carbocycles. The van der Waals surface area contributed by atoms with Crippen LogP contribution in [0.2, 0.25) is 0 Å². The Morgan fingerprint density at radius 1 is 1.00 bits per heavy atom. The van der Waals surface area contributed by atoms with Crippen molar-refractivity contribution in [1.82, 2.24) is 4.90 Å². The fraction of sp³-hybridized carbons (Fsp3) is 0.435. The summed E-state index contributed by atoms with van der Waals surface area (Å²) in [6, 6.07) is 12.8. The van der Waals surface area contributed by atoms with Gasteiger partial charge in [-0.3, -0.25) is 9.69 Å². The minimum absolute atomic E-state index is 0.187. The summed E-state index contributed by atoms with van der Waals surface area (Å²) in [7, 11) is 0. The molecule has 2 atom stereocenters. The predicted octanol–water partition coefficient (Wildman–Crippen LogP) is 5.86. The maximum atomic E-state index is 13.4. The number of hydrogen-bond donors (Lipinski definition) is 0. The van der Waals surface area contributed by atoms with Gasteiger partial charge in [-0.2, -0.15) is 13.2 Å². The number of benzene rings is 2. The Labute approximate surface area is 167 Å². The van der Waals surface area contributed by atoms with Gasteiger partial charge in [0.2, 0.25) is 0 Å². The monoisotopic (exact) mass is 405 g/mol. The Kier molecular flexibility index (Phi) is 5.47. The molecular weight excluding hydrogens is 382 g/mol. The van der Waals surface area contributed by atoms with E-state index >= 15 is 0 Å². The Morgan fingerprint density at radius 2 is 1.66 bits per heavy atom. The number of fused-ring (bicyclic) bond motifs is 2. The lowest BCUT2D eigenvalue weighted by Crippen LogP contribution is -2.52. The van der Waals surface area contributed by atoms with Gasteiger partial charge in [0.25, 0.3) is 0 Å². The van der Waals surface area contributed by atoms with Crippen molar-refractivity contribution in [2.24, 2.45) is 5.92 Å². The molecule has 0 N–H and O–H groups in total. The number of alkyl halides is 3. The lowest BCUT2D eigenvalue weighted by molar-refractivity contribution is -0.138. The van der Waals surface area contributed by atoms with Gasteiger partial charge in [-0.05, 0) is 49.4 Å². The molecule has 2 aliphatic rings.